The smallest absolute Gasteiger partial charge is 0.255 e. The van der Waals surface area contributed by atoms with E-state index in [4.69, 9.17) is 16.3 Å². The second-order valence-corrected chi connectivity index (χ2v) is 8.16. The Morgan fingerprint density at radius 3 is 2.62 bits per heavy atom. The summed E-state index contributed by atoms with van der Waals surface area (Å²) in [5.41, 5.74) is 1.45. The molecule has 3 heterocycles. The topological polar surface area (TPSA) is 41.6 Å². The Kier molecular flexibility index (Phi) is 4.21. The maximum Gasteiger partial charge on any atom is 0.255 e. The molecule has 2 atom stereocenters. The molecule has 4 nitrogen and oxygen atoms in total. The summed E-state index contributed by atoms with van der Waals surface area (Å²) in [6.45, 7) is 6.41. The summed E-state index contributed by atoms with van der Waals surface area (Å²) in [5, 5.41) is 3.75. The first kappa shape index (κ1) is 16.2. The number of hydrogen-bond donors (Lipinski definition) is 1. The molecule has 5 heteroatoms. The summed E-state index contributed by atoms with van der Waals surface area (Å²) in [7, 11) is 1.59. The van der Waals surface area contributed by atoms with E-state index in [0.717, 1.165) is 29.9 Å². The highest BCUT2D eigenvalue weighted by molar-refractivity contribution is 6.31. The van der Waals surface area contributed by atoms with Crippen LogP contribution in [-0.4, -0.2) is 44.1 Å². The van der Waals surface area contributed by atoms with E-state index >= 15 is 0 Å². The van der Waals surface area contributed by atoms with E-state index < -0.39 is 0 Å². The van der Waals surface area contributed by atoms with Gasteiger partial charge in [-0.1, -0.05) is 11.6 Å². The first-order valence-corrected chi connectivity index (χ1v) is 9.27. The van der Waals surface area contributed by atoms with Gasteiger partial charge in [0.25, 0.3) is 5.91 Å². The molecule has 1 saturated carbocycles. The number of carbonyl (C=O) groups is 1. The predicted molar refractivity (Wildman–Crippen MR) is 94.7 cm³/mol. The average Bonchev–Trinajstić information content (AvgIpc) is 2.55. The minimum absolute atomic E-state index is 0.0807. The fourth-order valence-electron chi connectivity index (χ4n) is 5.15. The summed E-state index contributed by atoms with van der Waals surface area (Å²) in [5.74, 6) is 3.52. The molecule has 0 spiro atoms. The van der Waals surface area contributed by atoms with Gasteiger partial charge in [0.2, 0.25) is 0 Å². The second kappa shape index (κ2) is 6.23. The van der Waals surface area contributed by atoms with Gasteiger partial charge in [0.1, 0.15) is 5.75 Å². The van der Waals surface area contributed by atoms with Crippen LogP contribution in [-0.2, 0) is 0 Å². The summed E-state index contributed by atoms with van der Waals surface area (Å²) >= 11 is 6.19. The Labute approximate surface area is 148 Å². The first-order chi connectivity index (χ1) is 11.5. The lowest BCUT2D eigenvalue weighted by Gasteiger charge is -2.56. The Hall–Kier alpha value is -1.26. The molecule has 0 radical (unpaired) electrons. The summed E-state index contributed by atoms with van der Waals surface area (Å²) < 4.78 is 5.36. The Morgan fingerprint density at radius 1 is 1.29 bits per heavy atom. The molecule has 1 aromatic rings. The van der Waals surface area contributed by atoms with Crippen LogP contribution in [0.2, 0.25) is 5.02 Å². The van der Waals surface area contributed by atoms with E-state index in [2.05, 4.69) is 10.2 Å². The number of rotatable bonds is 4. The number of nitrogens with zero attached hydrogens (tertiary/aromatic N) is 1. The Balaban J connectivity index is 1.45. The van der Waals surface area contributed by atoms with Crippen molar-refractivity contribution in [2.75, 3.05) is 33.3 Å². The van der Waals surface area contributed by atoms with Crippen molar-refractivity contribution < 1.29 is 9.53 Å². The van der Waals surface area contributed by atoms with Gasteiger partial charge in [0, 0.05) is 31.2 Å². The molecule has 130 valence electrons. The number of halogens is 1. The molecule has 3 aliphatic heterocycles. The summed E-state index contributed by atoms with van der Waals surface area (Å²) in [6, 6.07) is 3.54. The van der Waals surface area contributed by atoms with Crippen LogP contribution < -0.4 is 10.1 Å². The fraction of sp³-hybridized carbons (Fsp3) is 0.632. The quantitative estimate of drug-likeness (QED) is 0.909. The lowest BCUT2D eigenvalue weighted by atomic mass is 9.62. The van der Waals surface area contributed by atoms with E-state index in [1.54, 1.807) is 13.2 Å². The predicted octanol–water partition coefficient (Wildman–Crippen LogP) is 2.97. The third kappa shape index (κ3) is 2.80. The van der Waals surface area contributed by atoms with Crippen molar-refractivity contribution in [1.29, 1.82) is 0 Å². The monoisotopic (exact) mass is 348 g/mol. The normalized spacial score (nSPS) is 33.5. The number of amides is 1. The maximum atomic E-state index is 12.7. The van der Waals surface area contributed by atoms with Crippen molar-refractivity contribution in [3.63, 3.8) is 0 Å². The van der Waals surface area contributed by atoms with Crippen molar-refractivity contribution in [1.82, 2.24) is 10.2 Å². The number of benzene rings is 1. The average molecular weight is 349 g/mol. The standard InChI is InChI=1S/C19H25ClN2O2/c1-11-3-18(24-2)15(6-17(11)20)19(23)21-7-16-13-4-12-5-14(16)10-22(8-12)9-13/h3,6,12-14,16H,4-5,7-10H2,1-2H3,(H,21,23). The number of hydrogen-bond acceptors (Lipinski definition) is 3. The Bertz CT molecular complexity index is 633. The van der Waals surface area contributed by atoms with E-state index in [1.807, 2.05) is 13.0 Å². The van der Waals surface area contributed by atoms with Gasteiger partial charge in [0.05, 0.1) is 12.7 Å². The van der Waals surface area contributed by atoms with Crippen molar-refractivity contribution in [2.24, 2.45) is 23.7 Å². The van der Waals surface area contributed by atoms with Crippen molar-refractivity contribution in [3.05, 3.63) is 28.3 Å². The van der Waals surface area contributed by atoms with Crippen molar-refractivity contribution in [2.45, 2.75) is 19.8 Å². The number of ether oxygens (including phenoxy) is 1. The number of nitrogens with one attached hydrogen (secondary N) is 1. The molecule has 1 amide bonds. The van der Waals surface area contributed by atoms with Gasteiger partial charge in [-0.2, -0.15) is 0 Å². The van der Waals surface area contributed by atoms with Gasteiger partial charge in [-0.15, -0.1) is 0 Å². The van der Waals surface area contributed by atoms with E-state index in [-0.39, 0.29) is 5.91 Å². The van der Waals surface area contributed by atoms with Gasteiger partial charge in [-0.05, 0) is 61.1 Å². The summed E-state index contributed by atoms with van der Waals surface area (Å²) in [6.07, 6.45) is 2.68. The summed E-state index contributed by atoms with van der Waals surface area (Å²) in [4.78, 5) is 15.3. The highest BCUT2D eigenvalue weighted by Crippen LogP contribution is 2.46. The van der Waals surface area contributed by atoms with Crippen LogP contribution in [0.1, 0.15) is 28.8 Å². The maximum absolute atomic E-state index is 12.7. The third-order valence-corrected chi connectivity index (χ3v) is 6.62. The highest BCUT2D eigenvalue weighted by atomic mass is 35.5. The molecule has 2 unspecified atom stereocenters. The first-order valence-electron chi connectivity index (χ1n) is 8.90. The molecular formula is C19H25ClN2O2. The number of aryl methyl sites for hydroxylation is 1. The second-order valence-electron chi connectivity index (χ2n) is 7.75. The van der Waals surface area contributed by atoms with Gasteiger partial charge >= 0.3 is 0 Å². The molecule has 1 aliphatic carbocycles. The lowest BCUT2D eigenvalue weighted by molar-refractivity contribution is -0.0624. The molecule has 4 bridgehead atoms. The van der Waals surface area contributed by atoms with Crippen LogP contribution in [0.4, 0.5) is 0 Å². The highest BCUT2D eigenvalue weighted by Gasteiger charge is 2.47. The van der Waals surface area contributed by atoms with Gasteiger partial charge in [-0.25, -0.2) is 0 Å². The minimum Gasteiger partial charge on any atom is -0.496 e. The minimum atomic E-state index is -0.0807. The Morgan fingerprint density at radius 2 is 2.00 bits per heavy atom. The zero-order chi connectivity index (χ0) is 16.8. The van der Waals surface area contributed by atoms with Crippen molar-refractivity contribution in [3.8, 4) is 5.75 Å². The van der Waals surface area contributed by atoms with Crippen LogP contribution in [0.15, 0.2) is 12.1 Å². The third-order valence-electron chi connectivity index (χ3n) is 6.21. The van der Waals surface area contributed by atoms with Crippen LogP contribution >= 0.6 is 11.6 Å². The van der Waals surface area contributed by atoms with E-state index in [1.165, 1.54) is 32.5 Å². The van der Waals surface area contributed by atoms with Crippen LogP contribution in [0, 0.1) is 30.6 Å². The zero-order valence-corrected chi connectivity index (χ0v) is 15.1. The van der Waals surface area contributed by atoms with Crippen LogP contribution in [0.5, 0.6) is 5.75 Å². The molecule has 3 saturated heterocycles. The molecule has 5 rings (SSSR count). The van der Waals surface area contributed by atoms with Gasteiger partial charge in [0.15, 0.2) is 0 Å². The molecule has 1 N–H and O–H groups in total. The molecule has 4 fully saturated rings. The number of piperidine rings is 3. The number of methoxy groups -OCH3 is 1. The molecule has 24 heavy (non-hydrogen) atoms. The van der Waals surface area contributed by atoms with Gasteiger partial charge in [-0.3, -0.25) is 4.79 Å². The lowest BCUT2D eigenvalue weighted by Crippen LogP contribution is -2.59. The molecule has 4 aliphatic rings. The van der Waals surface area contributed by atoms with Gasteiger partial charge < -0.3 is 15.0 Å². The van der Waals surface area contributed by atoms with E-state index in [9.17, 15) is 4.79 Å². The van der Waals surface area contributed by atoms with Crippen molar-refractivity contribution >= 4 is 17.5 Å². The largest absolute Gasteiger partial charge is 0.496 e. The van der Waals surface area contributed by atoms with Crippen LogP contribution in [0.3, 0.4) is 0 Å². The molecule has 1 aromatic carbocycles. The number of carbonyl (C=O) groups excluding carboxylic acids is 1. The zero-order valence-electron chi connectivity index (χ0n) is 14.3. The molecule has 0 aromatic heterocycles. The van der Waals surface area contributed by atoms with Crippen LogP contribution in [0.25, 0.3) is 0 Å². The van der Waals surface area contributed by atoms with E-state index in [0.29, 0.717) is 22.3 Å². The fourth-order valence-corrected chi connectivity index (χ4v) is 5.31. The SMILES string of the molecule is COc1cc(C)c(Cl)cc1C(=O)NCC1C2CC3CC1CN(C3)C2. The molecular weight excluding hydrogens is 324 g/mol.